The predicted octanol–water partition coefficient (Wildman–Crippen LogP) is 3.01. The molecule has 0 heterocycles. The van der Waals surface area contributed by atoms with Crippen LogP contribution in [0.25, 0.3) is 0 Å². The summed E-state index contributed by atoms with van der Waals surface area (Å²) in [5.41, 5.74) is 1.43. The van der Waals surface area contributed by atoms with E-state index in [2.05, 4.69) is 63.3 Å². The number of aliphatic hydroxyl groups excluding tert-OH is 1. The Kier molecular flexibility index (Phi) is 5.36. The lowest BCUT2D eigenvalue weighted by molar-refractivity contribution is 0.145. The van der Waals surface area contributed by atoms with E-state index in [1.807, 2.05) is 0 Å². The fourth-order valence-electron chi connectivity index (χ4n) is 1.72. The molecule has 0 radical (unpaired) electrons. The topological polar surface area (TPSA) is 32.3 Å². The van der Waals surface area contributed by atoms with Gasteiger partial charge in [0.05, 0.1) is 0 Å². The second kappa shape index (κ2) is 6.35. The standard InChI is InChI=1S/C16H27NO/c1-15(2,13-18)12-17-16(3,4)11-10-14-8-6-5-7-9-14/h5-9,17-18H,10-13H2,1-4H3. The highest BCUT2D eigenvalue weighted by atomic mass is 16.3. The molecular weight excluding hydrogens is 222 g/mol. The first kappa shape index (κ1) is 15.2. The first-order valence-electron chi connectivity index (χ1n) is 6.74. The highest BCUT2D eigenvalue weighted by Crippen LogP contribution is 2.17. The Morgan fingerprint density at radius 1 is 1.06 bits per heavy atom. The molecule has 18 heavy (non-hydrogen) atoms. The molecule has 1 rings (SSSR count). The summed E-state index contributed by atoms with van der Waals surface area (Å²) in [6, 6.07) is 10.6. The van der Waals surface area contributed by atoms with Crippen LogP contribution in [-0.4, -0.2) is 23.8 Å². The molecule has 0 amide bonds. The van der Waals surface area contributed by atoms with Crippen molar-refractivity contribution in [3.63, 3.8) is 0 Å². The summed E-state index contributed by atoms with van der Waals surface area (Å²) in [6.07, 6.45) is 2.18. The first-order chi connectivity index (χ1) is 8.35. The lowest BCUT2D eigenvalue weighted by Crippen LogP contribution is -2.45. The second-order valence-corrected chi connectivity index (χ2v) is 6.55. The molecule has 2 heteroatoms. The van der Waals surface area contributed by atoms with Crippen molar-refractivity contribution in [1.82, 2.24) is 5.32 Å². The van der Waals surface area contributed by atoms with Crippen molar-refractivity contribution >= 4 is 0 Å². The monoisotopic (exact) mass is 249 g/mol. The summed E-state index contributed by atoms with van der Waals surface area (Å²) in [6.45, 7) is 9.66. The smallest absolute Gasteiger partial charge is 0.0494 e. The third-order valence-electron chi connectivity index (χ3n) is 3.36. The SMILES string of the molecule is CC(C)(CO)CNC(C)(C)CCc1ccccc1. The number of rotatable bonds is 7. The van der Waals surface area contributed by atoms with Gasteiger partial charge in [-0.1, -0.05) is 44.2 Å². The summed E-state index contributed by atoms with van der Waals surface area (Å²) in [7, 11) is 0. The number of aliphatic hydroxyl groups is 1. The van der Waals surface area contributed by atoms with Gasteiger partial charge >= 0.3 is 0 Å². The van der Waals surface area contributed by atoms with Crippen molar-refractivity contribution in [2.45, 2.75) is 46.1 Å². The van der Waals surface area contributed by atoms with Crippen molar-refractivity contribution in [1.29, 1.82) is 0 Å². The van der Waals surface area contributed by atoms with E-state index in [0.29, 0.717) is 0 Å². The van der Waals surface area contributed by atoms with Crippen molar-refractivity contribution in [2.24, 2.45) is 5.41 Å². The minimum atomic E-state index is -0.0516. The molecule has 0 spiro atoms. The van der Waals surface area contributed by atoms with E-state index in [1.165, 1.54) is 5.56 Å². The van der Waals surface area contributed by atoms with E-state index >= 15 is 0 Å². The maximum absolute atomic E-state index is 9.26. The van der Waals surface area contributed by atoms with Crippen LogP contribution in [0.15, 0.2) is 30.3 Å². The van der Waals surface area contributed by atoms with Gasteiger partial charge in [0.2, 0.25) is 0 Å². The average Bonchev–Trinajstić information content (AvgIpc) is 2.36. The summed E-state index contributed by atoms with van der Waals surface area (Å²) >= 11 is 0. The Labute approximate surface area is 111 Å². The van der Waals surface area contributed by atoms with Gasteiger partial charge in [-0.2, -0.15) is 0 Å². The molecule has 102 valence electrons. The highest BCUT2D eigenvalue weighted by molar-refractivity contribution is 5.15. The van der Waals surface area contributed by atoms with Crippen molar-refractivity contribution in [3.8, 4) is 0 Å². The van der Waals surface area contributed by atoms with Crippen LogP contribution in [0.5, 0.6) is 0 Å². The summed E-state index contributed by atoms with van der Waals surface area (Å²) in [5, 5.41) is 12.8. The third kappa shape index (κ3) is 5.65. The van der Waals surface area contributed by atoms with E-state index in [1.54, 1.807) is 0 Å². The average molecular weight is 249 g/mol. The van der Waals surface area contributed by atoms with Gasteiger partial charge in [-0.3, -0.25) is 0 Å². The van der Waals surface area contributed by atoms with E-state index in [-0.39, 0.29) is 17.6 Å². The van der Waals surface area contributed by atoms with Crippen LogP contribution in [-0.2, 0) is 6.42 Å². The van der Waals surface area contributed by atoms with Gasteiger partial charge in [-0.15, -0.1) is 0 Å². The van der Waals surface area contributed by atoms with Gasteiger partial charge in [0.1, 0.15) is 0 Å². The van der Waals surface area contributed by atoms with Crippen LogP contribution in [0.3, 0.4) is 0 Å². The molecule has 0 aromatic heterocycles. The van der Waals surface area contributed by atoms with Crippen LogP contribution in [0.1, 0.15) is 39.7 Å². The fourth-order valence-corrected chi connectivity index (χ4v) is 1.72. The minimum Gasteiger partial charge on any atom is -0.396 e. The Morgan fingerprint density at radius 3 is 2.22 bits per heavy atom. The van der Waals surface area contributed by atoms with Crippen molar-refractivity contribution in [3.05, 3.63) is 35.9 Å². The Hall–Kier alpha value is -0.860. The van der Waals surface area contributed by atoms with E-state index in [0.717, 1.165) is 19.4 Å². The number of benzene rings is 1. The molecule has 0 aliphatic rings. The van der Waals surface area contributed by atoms with Crippen LogP contribution in [0, 0.1) is 5.41 Å². The maximum atomic E-state index is 9.26. The lowest BCUT2D eigenvalue weighted by Gasteiger charge is -2.32. The lowest BCUT2D eigenvalue weighted by atomic mass is 9.90. The zero-order valence-electron chi connectivity index (χ0n) is 12.2. The van der Waals surface area contributed by atoms with Gasteiger partial charge in [0.15, 0.2) is 0 Å². The molecule has 0 aliphatic carbocycles. The molecular formula is C16H27NO. The summed E-state index contributed by atoms with van der Waals surface area (Å²) in [4.78, 5) is 0. The normalized spacial score (nSPS) is 12.7. The Bertz CT molecular complexity index is 343. The molecule has 0 saturated carbocycles. The Balaban J connectivity index is 2.40. The fraction of sp³-hybridized carbons (Fsp3) is 0.625. The van der Waals surface area contributed by atoms with Gasteiger partial charge < -0.3 is 10.4 Å². The van der Waals surface area contributed by atoms with Crippen LogP contribution >= 0.6 is 0 Å². The Morgan fingerprint density at radius 2 is 1.67 bits per heavy atom. The minimum absolute atomic E-state index is 0.0516. The van der Waals surface area contributed by atoms with Crippen molar-refractivity contribution in [2.75, 3.05) is 13.2 Å². The van der Waals surface area contributed by atoms with E-state index in [4.69, 9.17) is 0 Å². The second-order valence-electron chi connectivity index (χ2n) is 6.55. The molecule has 0 unspecified atom stereocenters. The molecule has 1 aromatic carbocycles. The molecule has 0 saturated heterocycles. The molecule has 0 aliphatic heterocycles. The molecule has 0 fully saturated rings. The van der Waals surface area contributed by atoms with Gasteiger partial charge in [-0.05, 0) is 32.3 Å². The predicted molar refractivity (Wildman–Crippen MR) is 77.7 cm³/mol. The quantitative estimate of drug-likeness (QED) is 0.778. The van der Waals surface area contributed by atoms with Gasteiger partial charge in [-0.25, -0.2) is 0 Å². The molecule has 2 N–H and O–H groups in total. The van der Waals surface area contributed by atoms with Gasteiger partial charge in [0, 0.05) is 24.1 Å². The number of aryl methyl sites for hydroxylation is 1. The van der Waals surface area contributed by atoms with Crippen LogP contribution in [0.2, 0.25) is 0 Å². The number of nitrogens with one attached hydrogen (secondary N) is 1. The zero-order chi connectivity index (χ0) is 13.6. The number of hydrogen-bond donors (Lipinski definition) is 2. The van der Waals surface area contributed by atoms with E-state index < -0.39 is 0 Å². The molecule has 0 atom stereocenters. The largest absolute Gasteiger partial charge is 0.396 e. The molecule has 1 aromatic rings. The summed E-state index contributed by atoms with van der Waals surface area (Å²) < 4.78 is 0. The van der Waals surface area contributed by atoms with Crippen LogP contribution in [0.4, 0.5) is 0 Å². The van der Waals surface area contributed by atoms with Crippen LogP contribution < -0.4 is 5.32 Å². The maximum Gasteiger partial charge on any atom is 0.0494 e. The molecule has 0 bridgehead atoms. The first-order valence-corrected chi connectivity index (χ1v) is 6.74. The zero-order valence-corrected chi connectivity index (χ0v) is 12.2. The summed E-state index contributed by atoms with van der Waals surface area (Å²) in [5.74, 6) is 0. The highest BCUT2D eigenvalue weighted by Gasteiger charge is 2.22. The number of hydrogen-bond acceptors (Lipinski definition) is 2. The van der Waals surface area contributed by atoms with Crippen molar-refractivity contribution < 1.29 is 5.11 Å². The van der Waals surface area contributed by atoms with E-state index in [9.17, 15) is 5.11 Å². The van der Waals surface area contributed by atoms with Gasteiger partial charge in [0.25, 0.3) is 0 Å². The molecule has 2 nitrogen and oxygen atoms in total. The third-order valence-corrected chi connectivity index (χ3v) is 3.36.